The first-order valence-corrected chi connectivity index (χ1v) is 6.62. The van der Waals surface area contributed by atoms with Crippen LogP contribution < -0.4 is 5.73 Å². The maximum Gasteiger partial charge on any atom is 0.129 e. The Labute approximate surface area is 118 Å². The fraction of sp³-hybridized carbons (Fsp3) is 0.118. The molecular formula is C17H17N3. The Morgan fingerprint density at radius 3 is 2.30 bits per heavy atom. The first kappa shape index (κ1) is 12.5. The van der Waals surface area contributed by atoms with Crippen molar-refractivity contribution < 1.29 is 0 Å². The topological polar surface area (TPSA) is 43.8 Å². The van der Waals surface area contributed by atoms with Gasteiger partial charge in [-0.05, 0) is 18.1 Å². The number of aromatic nitrogens is 2. The SMILES string of the molecule is Cc1ccccc1-c1c(-c2ccccc2)nn(C)c1N. The van der Waals surface area contributed by atoms with E-state index in [1.54, 1.807) is 4.68 Å². The summed E-state index contributed by atoms with van der Waals surface area (Å²) in [6, 6.07) is 18.4. The number of nitrogen functional groups attached to an aromatic ring is 1. The van der Waals surface area contributed by atoms with Gasteiger partial charge in [0, 0.05) is 12.6 Å². The van der Waals surface area contributed by atoms with E-state index < -0.39 is 0 Å². The molecule has 0 unspecified atom stereocenters. The average molecular weight is 263 g/mol. The van der Waals surface area contributed by atoms with Crippen LogP contribution >= 0.6 is 0 Å². The summed E-state index contributed by atoms with van der Waals surface area (Å²) in [5, 5.41) is 4.59. The second-order valence-electron chi connectivity index (χ2n) is 4.91. The van der Waals surface area contributed by atoms with E-state index in [9.17, 15) is 0 Å². The fourth-order valence-corrected chi connectivity index (χ4v) is 2.45. The van der Waals surface area contributed by atoms with Gasteiger partial charge in [0.15, 0.2) is 0 Å². The Hall–Kier alpha value is -2.55. The van der Waals surface area contributed by atoms with Gasteiger partial charge in [0.25, 0.3) is 0 Å². The van der Waals surface area contributed by atoms with Crippen molar-refractivity contribution in [2.75, 3.05) is 5.73 Å². The normalized spacial score (nSPS) is 10.7. The molecule has 100 valence electrons. The highest BCUT2D eigenvalue weighted by Crippen LogP contribution is 2.37. The van der Waals surface area contributed by atoms with Crippen molar-refractivity contribution in [3.63, 3.8) is 0 Å². The van der Waals surface area contributed by atoms with Gasteiger partial charge in [-0.1, -0.05) is 54.6 Å². The molecule has 3 nitrogen and oxygen atoms in total. The quantitative estimate of drug-likeness (QED) is 0.767. The minimum absolute atomic E-state index is 0.693. The van der Waals surface area contributed by atoms with E-state index in [-0.39, 0.29) is 0 Å². The molecule has 0 atom stereocenters. The average Bonchev–Trinajstić information content (AvgIpc) is 2.77. The Bertz CT molecular complexity index is 742. The molecule has 3 aromatic rings. The van der Waals surface area contributed by atoms with Crippen LogP contribution in [0.5, 0.6) is 0 Å². The second kappa shape index (κ2) is 4.85. The number of rotatable bonds is 2. The van der Waals surface area contributed by atoms with Gasteiger partial charge < -0.3 is 5.73 Å². The Morgan fingerprint density at radius 2 is 1.60 bits per heavy atom. The van der Waals surface area contributed by atoms with Gasteiger partial charge in [0.2, 0.25) is 0 Å². The van der Waals surface area contributed by atoms with Gasteiger partial charge in [-0.15, -0.1) is 0 Å². The predicted octanol–water partition coefficient (Wildman–Crippen LogP) is 3.64. The van der Waals surface area contributed by atoms with E-state index in [1.165, 1.54) is 5.56 Å². The van der Waals surface area contributed by atoms with Crippen molar-refractivity contribution in [1.29, 1.82) is 0 Å². The summed E-state index contributed by atoms with van der Waals surface area (Å²) in [6.07, 6.45) is 0. The lowest BCUT2D eigenvalue weighted by Crippen LogP contribution is -1.98. The molecule has 1 aromatic heterocycles. The molecule has 20 heavy (non-hydrogen) atoms. The van der Waals surface area contributed by atoms with E-state index in [0.29, 0.717) is 5.82 Å². The van der Waals surface area contributed by atoms with Crippen LogP contribution in [0.3, 0.4) is 0 Å². The molecule has 3 heteroatoms. The summed E-state index contributed by atoms with van der Waals surface area (Å²) in [5.41, 5.74) is 11.6. The summed E-state index contributed by atoms with van der Waals surface area (Å²) in [4.78, 5) is 0. The molecule has 1 heterocycles. The van der Waals surface area contributed by atoms with Crippen molar-refractivity contribution in [2.45, 2.75) is 6.92 Å². The highest BCUT2D eigenvalue weighted by molar-refractivity contribution is 5.89. The molecular weight excluding hydrogens is 246 g/mol. The van der Waals surface area contributed by atoms with Gasteiger partial charge in [-0.3, -0.25) is 4.68 Å². The molecule has 0 fully saturated rings. The molecule has 0 spiro atoms. The number of nitrogens with zero attached hydrogens (tertiary/aromatic N) is 2. The van der Waals surface area contributed by atoms with Gasteiger partial charge in [-0.25, -0.2) is 0 Å². The van der Waals surface area contributed by atoms with Crippen molar-refractivity contribution in [1.82, 2.24) is 9.78 Å². The Kier molecular flexibility index (Phi) is 3.03. The minimum atomic E-state index is 0.693. The van der Waals surface area contributed by atoms with Crippen LogP contribution in [0.25, 0.3) is 22.4 Å². The molecule has 0 bridgehead atoms. The second-order valence-corrected chi connectivity index (χ2v) is 4.91. The summed E-state index contributed by atoms with van der Waals surface area (Å²) in [6.45, 7) is 2.09. The Morgan fingerprint density at radius 1 is 0.950 bits per heavy atom. The maximum absolute atomic E-state index is 6.24. The summed E-state index contributed by atoms with van der Waals surface area (Å²) < 4.78 is 1.74. The molecule has 0 saturated carbocycles. The molecule has 3 rings (SSSR count). The van der Waals surface area contributed by atoms with Crippen LogP contribution in [0, 0.1) is 6.92 Å². The molecule has 2 N–H and O–H groups in total. The molecule has 0 aliphatic rings. The third-order valence-corrected chi connectivity index (χ3v) is 3.55. The standard InChI is InChI=1S/C17H17N3/c1-12-8-6-7-11-14(12)15-16(19-20(2)17(15)18)13-9-4-3-5-10-13/h3-11H,18H2,1-2H3. The maximum atomic E-state index is 6.24. The first-order valence-electron chi connectivity index (χ1n) is 6.62. The summed E-state index contributed by atoms with van der Waals surface area (Å²) in [5.74, 6) is 0.693. The van der Waals surface area contributed by atoms with Crippen molar-refractivity contribution in [2.24, 2.45) is 7.05 Å². The number of benzene rings is 2. The minimum Gasteiger partial charge on any atom is -0.383 e. The van der Waals surface area contributed by atoms with Gasteiger partial charge in [-0.2, -0.15) is 5.10 Å². The van der Waals surface area contributed by atoms with Gasteiger partial charge in [0.05, 0.1) is 5.56 Å². The number of hydrogen-bond acceptors (Lipinski definition) is 2. The summed E-state index contributed by atoms with van der Waals surface area (Å²) in [7, 11) is 1.88. The van der Waals surface area contributed by atoms with E-state index >= 15 is 0 Å². The van der Waals surface area contributed by atoms with E-state index in [0.717, 1.165) is 22.4 Å². The van der Waals surface area contributed by atoms with Crippen molar-refractivity contribution >= 4 is 5.82 Å². The third kappa shape index (κ3) is 1.97. The smallest absolute Gasteiger partial charge is 0.129 e. The summed E-state index contributed by atoms with van der Waals surface area (Å²) >= 11 is 0. The molecule has 0 aliphatic heterocycles. The van der Waals surface area contributed by atoms with Crippen molar-refractivity contribution in [3.05, 3.63) is 60.2 Å². The monoisotopic (exact) mass is 263 g/mol. The molecule has 0 radical (unpaired) electrons. The van der Waals surface area contributed by atoms with Crippen LogP contribution in [0.4, 0.5) is 5.82 Å². The fourth-order valence-electron chi connectivity index (χ4n) is 2.45. The first-order chi connectivity index (χ1) is 9.68. The number of aryl methyl sites for hydroxylation is 2. The van der Waals surface area contributed by atoms with Crippen LogP contribution in [0.1, 0.15) is 5.56 Å². The molecule has 0 amide bonds. The zero-order valence-electron chi connectivity index (χ0n) is 11.7. The lowest BCUT2D eigenvalue weighted by Gasteiger charge is -2.07. The van der Waals surface area contributed by atoms with E-state index in [4.69, 9.17) is 5.73 Å². The third-order valence-electron chi connectivity index (χ3n) is 3.55. The largest absolute Gasteiger partial charge is 0.383 e. The van der Waals surface area contributed by atoms with Gasteiger partial charge >= 0.3 is 0 Å². The zero-order chi connectivity index (χ0) is 14.1. The number of hydrogen-bond donors (Lipinski definition) is 1. The number of anilines is 1. The van der Waals surface area contributed by atoms with E-state index in [1.807, 2.05) is 37.4 Å². The molecule has 0 aliphatic carbocycles. The van der Waals surface area contributed by atoms with Crippen LogP contribution in [0.2, 0.25) is 0 Å². The predicted molar refractivity (Wildman–Crippen MR) is 83.2 cm³/mol. The van der Waals surface area contributed by atoms with Gasteiger partial charge in [0.1, 0.15) is 11.5 Å². The molecule has 0 saturated heterocycles. The lowest BCUT2D eigenvalue weighted by molar-refractivity contribution is 0.782. The highest BCUT2D eigenvalue weighted by atomic mass is 15.3. The van der Waals surface area contributed by atoms with Crippen LogP contribution in [-0.4, -0.2) is 9.78 Å². The van der Waals surface area contributed by atoms with Crippen LogP contribution in [-0.2, 0) is 7.05 Å². The zero-order valence-corrected chi connectivity index (χ0v) is 11.7. The highest BCUT2D eigenvalue weighted by Gasteiger charge is 2.18. The molecule has 2 aromatic carbocycles. The van der Waals surface area contributed by atoms with E-state index in [2.05, 4.69) is 36.3 Å². The lowest BCUT2D eigenvalue weighted by atomic mass is 9.97. The van der Waals surface area contributed by atoms with Crippen LogP contribution in [0.15, 0.2) is 54.6 Å². The number of nitrogens with two attached hydrogens (primary N) is 1. The van der Waals surface area contributed by atoms with Crippen molar-refractivity contribution in [3.8, 4) is 22.4 Å². The Balaban J connectivity index is 2.29.